The SMILES string of the molecule is CC(CCO[Si](c1ccccc1)(c1ccccc1)C(C)(C)C)n1nc(-c2cccn2CCCl)c2cnc(Cl)cc21. The number of fused-ring (bicyclic) bond motifs is 1. The Morgan fingerprint density at radius 2 is 1.60 bits per heavy atom. The average molecular weight is 592 g/mol. The topological polar surface area (TPSA) is 44.9 Å². The number of benzene rings is 2. The van der Waals surface area contributed by atoms with Crippen molar-refractivity contribution in [3.05, 3.63) is 96.4 Å². The summed E-state index contributed by atoms with van der Waals surface area (Å²) in [5, 5.41) is 9.02. The summed E-state index contributed by atoms with van der Waals surface area (Å²) in [5.74, 6) is 0.528. The molecule has 0 N–H and O–H groups in total. The highest BCUT2D eigenvalue weighted by Crippen LogP contribution is 2.37. The molecule has 0 amide bonds. The second-order valence-corrected chi connectivity index (χ2v) is 16.3. The van der Waals surface area contributed by atoms with Crippen LogP contribution in [0.4, 0.5) is 0 Å². The fraction of sp³-hybridized carbons (Fsp3) is 0.312. The van der Waals surface area contributed by atoms with E-state index < -0.39 is 8.32 Å². The smallest absolute Gasteiger partial charge is 0.261 e. The molecule has 0 aliphatic heterocycles. The Balaban J connectivity index is 1.48. The van der Waals surface area contributed by atoms with E-state index in [1.54, 1.807) is 0 Å². The predicted molar refractivity (Wildman–Crippen MR) is 170 cm³/mol. The van der Waals surface area contributed by atoms with Crippen molar-refractivity contribution in [2.45, 2.75) is 51.7 Å². The Kier molecular flexibility index (Phi) is 8.52. The van der Waals surface area contributed by atoms with Crippen molar-refractivity contribution in [2.75, 3.05) is 12.5 Å². The Bertz CT molecular complexity index is 1520. The van der Waals surface area contributed by atoms with E-state index in [0.29, 0.717) is 24.2 Å². The lowest BCUT2D eigenvalue weighted by atomic mass is 10.2. The monoisotopic (exact) mass is 590 g/mol. The molecule has 0 aliphatic carbocycles. The highest BCUT2D eigenvalue weighted by Gasteiger charge is 2.50. The van der Waals surface area contributed by atoms with Crippen molar-refractivity contribution in [1.29, 1.82) is 0 Å². The number of halogens is 2. The molecular formula is C32H36Cl2N4OSi. The van der Waals surface area contributed by atoms with Gasteiger partial charge in [0.2, 0.25) is 0 Å². The van der Waals surface area contributed by atoms with Gasteiger partial charge in [0.25, 0.3) is 8.32 Å². The van der Waals surface area contributed by atoms with Crippen molar-refractivity contribution >= 4 is 52.8 Å². The first-order valence-electron chi connectivity index (χ1n) is 13.8. The van der Waals surface area contributed by atoms with E-state index in [1.807, 2.05) is 24.5 Å². The molecule has 40 heavy (non-hydrogen) atoms. The van der Waals surface area contributed by atoms with E-state index in [2.05, 4.69) is 109 Å². The molecule has 0 bridgehead atoms. The molecule has 8 heteroatoms. The molecular weight excluding hydrogens is 555 g/mol. The molecule has 3 aromatic heterocycles. The summed E-state index contributed by atoms with van der Waals surface area (Å²) in [5.41, 5.74) is 2.87. The van der Waals surface area contributed by atoms with Crippen LogP contribution in [0.3, 0.4) is 0 Å². The van der Waals surface area contributed by atoms with Gasteiger partial charge in [-0.05, 0) is 40.9 Å². The second-order valence-electron chi connectivity index (χ2n) is 11.2. The molecule has 0 radical (unpaired) electrons. The van der Waals surface area contributed by atoms with Crippen LogP contribution in [0.2, 0.25) is 10.2 Å². The predicted octanol–water partition coefficient (Wildman–Crippen LogP) is 7.32. The Morgan fingerprint density at radius 3 is 2.20 bits per heavy atom. The molecule has 5 nitrogen and oxygen atoms in total. The number of aryl methyl sites for hydroxylation is 1. The van der Waals surface area contributed by atoms with Gasteiger partial charge in [-0.3, -0.25) is 4.68 Å². The zero-order chi connectivity index (χ0) is 28.3. The van der Waals surface area contributed by atoms with Crippen LogP contribution >= 0.6 is 23.2 Å². The molecule has 5 rings (SSSR count). The zero-order valence-electron chi connectivity index (χ0n) is 23.5. The van der Waals surface area contributed by atoms with Gasteiger partial charge >= 0.3 is 0 Å². The molecule has 0 saturated carbocycles. The van der Waals surface area contributed by atoms with Crippen LogP contribution in [-0.2, 0) is 11.0 Å². The van der Waals surface area contributed by atoms with Crippen LogP contribution < -0.4 is 10.4 Å². The Labute approximate surface area is 247 Å². The van der Waals surface area contributed by atoms with Crippen LogP contribution in [0.5, 0.6) is 0 Å². The maximum absolute atomic E-state index is 7.16. The number of hydrogen-bond acceptors (Lipinski definition) is 3. The van der Waals surface area contributed by atoms with Crippen molar-refractivity contribution in [1.82, 2.24) is 19.3 Å². The van der Waals surface area contributed by atoms with Crippen molar-refractivity contribution < 1.29 is 4.43 Å². The van der Waals surface area contributed by atoms with Gasteiger partial charge in [0, 0.05) is 42.9 Å². The van der Waals surface area contributed by atoms with Gasteiger partial charge in [0.05, 0.1) is 17.3 Å². The Morgan fingerprint density at radius 1 is 0.950 bits per heavy atom. The number of pyridine rings is 1. The summed E-state index contributed by atoms with van der Waals surface area (Å²) >= 11 is 12.4. The third kappa shape index (κ3) is 5.38. The van der Waals surface area contributed by atoms with Gasteiger partial charge in [-0.25, -0.2) is 4.98 Å². The first-order valence-corrected chi connectivity index (χ1v) is 16.6. The minimum Gasteiger partial charge on any atom is -0.407 e. The van der Waals surface area contributed by atoms with E-state index in [4.69, 9.17) is 32.7 Å². The van der Waals surface area contributed by atoms with E-state index in [-0.39, 0.29) is 11.1 Å². The number of aromatic nitrogens is 4. The molecule has 0 spiro atoms. The molecule has 208 valence electrons. The average Bonchev–Trinajstić information content (AvgIpc) is 3.55. The molecule has 1 unspecified atom stereocenters. The van der Waals surface area contributed by atoms with Crippen LogP contribution in [0.25, 0.3) is 22.3 Å². The molecule has 0 aliphatic rings. The minimum absolute atomic E-state index is 0.0719. The van der Waals surface area contributed by atoms with E-state index in [0.717, 1.165) is 28.7 Å². The third-order valence-corrected chi connectivity index (χ3v) is 13.1. The van der Waals surface area contributed by atoms with Crippen LogP contribution in [0, 0.1) is 0 Å². The van der Waals surface area contributed by atoms with Crippen LogP contribution in [-0.4, -0.2) is 40.1 Å². The lowest BCUT2D eigenvalue weighted by molar-refractivity contribution is 0.265. The number of rotatable bonds is 10. The minimum atomic E-state index is -2.61. The quantitative estimate of drug-likeness (QED) is 0.0972. The summed E-state index contributed by atoms with van der Waals surface area (Å²) in [4.78, 5) is 4.37. The first kappa shape index (κ1) is 28.6. The van der Waals surface area contributed by atoms with Crippen molar-refractivity contribution in [3.63, 3.8) is 0 Å². The lowest BCUT2D eigenvalue weighted by Gasteiger charge is -2.43. The molecule has 0 saturated heterocycles. The lowest BCUT2D eigenvalue weighted by Crippen LogP contribution is -2.66. The van der Waals surface area contributed by atoms with Gasteiger partial charge < -0.3 is 8.99 Å². The largest absolute Gasteiger partial charge is 0.407 e. The van der Waals surface area contributed by atoms with Crippen LogP contribution in [0.15, 0.2) is 91.3 Å². The summed E-state index contributed by atoms with van der Waals surface area (Å²) in [6.07, 6.45) is 4.65. The van der Waals surface area contributed by atoms with Gasteiger partial charge in [-0.15, -0.1) is 11.6 Å². The fourth-order valence-electron chi connectivity index (χ4n) is 5.71. The van der Waals surface area contributed by atoms with Crippen LogP contribution in [0.1, 0.15) is 40.2 Å². The van der Waals surface area contributed by atoms with E-state index >= 15 is 0 Å². The molecule has 5 aromatic rings. The molecule has 1 atom stereocenters. The molecule has 3 heterocycles. The maximum atomic E-state index is 7.16. The van der Waals surface area contributed by atoms with Gasteiger partial charge in [-0.2, -0.15) is 5.10 Å². The third-order valence-electron chi connectivity index (χ3n) is 7.64. The van der Waals surface area contributed by atoms with Gasteiger partial charge in [0.1, 0.15) is 10.8 Å². The van der Waals surface area contributed by atoms with Gasteiger partial charge in [-0.1, -0.05) is 93.0 Å². The Hall–Kier alpha value is -2.90. The zero-order valence-corrected chi connectivity index (χ0v) is 26.0. The summed E-state index contributed by atoms with van der Waals surface area (Å²) in [7, 11) is -2.61. The highest BCUT2D eigenvalue weighted by molar-refractivity contribution is 6.99. The molecule has 0 fully saturated rings. The summed E-state index contributed by atoms with van der Waals surface area (Å²) in [6, 6.07) is 27.6. The normalized spacial score (nSPS) is 13.2. The number of nitrogens with zero attached hydrogens (tertiary/aromatic N) is 4. The number of alkyl halides is 1. The van der Waals surface area contributed by atoms with Crippen molar-refractivity contribution in [2.24, 2.45) is 0 Å². The number of hydrogen-bond donors (Lipinski definition) is 0. The second kappa shape index (κ2) is 11.9. The van der Waals surface area contributed by atoms with E-state index in [1.165, 1.54) is 10.4 Å². The van der Waals surface area contributed by atoms with Gasteiger partial charge in [0.15, 0.2) is 0 Å². The summed E-state index contributed by atoms with van der Waals surface area (Å²) in [6.45, 7) is 10.4. The first-order chi connectivity index (χ1) is 19.3. The maximum Gasteiger partial charge on any atom is 0.261 e. The standard InChI is InChI=1S/C32H36Cl2N4OSi/c1-24(38-29-22-30(34)35-23-27(29)31(36-38)28-16-11-19-37(28)20-18-33)17-21-39-40(32(2,3)4,25-12-7-5-8-13-25)26-14-9-6-10-15-26/h5-16,19,22-24H,17-18,20-21H2,1-4H3. The van der Waals surface area contributed by atoms with E-state index in [9.17, 15) is 0 Å². The fourth-order valence-corrected chi connectivity index (χ4v) is 10.6. The highest BCUT2D eigenvalue weighted by atomic mass is 35.5. The summed E-state index contributed by atoms with van der Waals surface area (Å²) < 4.78 is 11.4. The van der Waals surface area contributed by atoms with Crippen molar-refractivity contribution in [3.8, 4) is 11.4 Å². The molecule has 2 aromatic carbocycles.